The molecule has 18 nitrogen and oxygen atoms in total. The van der Waals surface area contributed by atoms with Crippen LogP contribution in [0.5, 0.6) is 5.75 Å². The number of aliphatic hydroxyl groups excluding tert-OH is 1. The van der Waals surface area contributed by atoms with Crippen LogP contribution in [0.25, 0.3) is 5.69 Å². The molecule has 352 valence electrons. The van der Waals surface area contributed by atoms with Crippen molar-refractivity contribution in [3.63, 3.8) is 0 Å². The monoisotopic (exact) mass is 955 g/mol. The quantitative estimate of drug-likeness (QED) is 0.0456. The van der Waals surface area contributed by atoms with Gasteiger partial charge in [-0.05, 0) is 63.5 Å². The second kappa shape index (κ2) is 22.5. The van der Waals surface area contributed by atoms with Crippen molar-refractivity contribution in [1.82, 2.24) is 20.2 Å². The first kappa shape index (κ1) is 48.6. The number of aromatic nitrogens is 4. The van der Waals surface area contributed by atoms with Crippen LogP contribution >= 0.6 is 24.0 Å². The molecule has 20 heteroatoms. The zero-order valence-corrected chi connectivity index (χ0v) is 38.5. The number of esters is 4. The number of anilines is 1. The van der Waals surface area contributed by atoms with Gasteiger partial charge < -0.3 is 48.7 Å². The SMILES string of the molecule is CC(=O)OC[C@H]1O[C@@H](CC(=S)Nc2cccc(C3O[C@H](CSc4nnnn4-c4ccc(O)cc4)[C@@H](c4ccccc4)[C@H](c4ccc(CO)cc4)O3)c2)[C@H](OC(C)=O)[C@@H](OC(C)=O)[C@@H]1OC(C)=O. The number of phenolic OH excluding ortho intramolecular Hbond substituents is 1. The molecule has 0 amide bonds. The first-order valence-electron chi connectivity index (χ1n) is 21.2. The summed E-state index contributed by atoms with van der Waals surface area (Å²) < 4.78 is 43.7. The predicted octanol–water partition coefficient (Wildman–Crippen LogP) is 5.85. The third kappa shape index (κ3) is 12.6. The maximum absolute atomic E-state index is 12.4. The molecule has 67 heavy (non-hydrogen) atoms. The van der Waals surface area contributed by atoms with Gasteiger partial charge in [0.25, 0.3) is 0 Å². The number of nitrogens with zero attached hydrogens (tertiary/aromatic N) is 4. The Hall–Kier alpha value is -6.29. The summed E-state index contributed by atoms with van der Waals surface area (Å²) >= 11 is 7.25. The number of ether oxygens (including phenoxy) is 7. The number of thioether (sulfide) groups is 1. The Balaban J connectivity index is 1.17. The van der Waals surface area contributed by atoms with Crippen molar-refractivity contribution in [1.29, 1.82) is 0 Å². The molecule has 3 N–H and O–H groups in total. The molecular formula is C47H49N5O13S2. The highest BCUT2D eigenvalue weighted by Gasteiger charge is 2.52. The summed E-state index contributed by atoms with van der Waals surface area (Å²) in [6, 6.07) is 31.4. The van der Waals surface area contributed by atoms with Gasteiger partial charge >= 0.3 is 23.9 Å². The first-order chi connectivity index (χ1) is 32.3. The molecular weight excluding hydrogens is 907 g/mol. The van der Waals surface area contributed by atoms with Crippen LogP contribution in [-0.2, 0) is 58.9 Å². The second-order valence-electron chi connectivity index (χ2n) is 15.7. The molecule has 1 aromatic heterocycles. The summed E-state index contributed by atoms with van der Waals surface area (Å²) in [5.41, 5.74) is 4.44. The van der Waals surface area contributed by atoms with Crippen molar-refractivity contribution in [2.45, 2.75) is 101 Å². The summed E-state index contributed by atoms with van der Waals surface area (Å²) in [6.45, 7) is 4.19. The Kier molecular flexibility index (Phi) is 16.3. The van der Waals surface area contributed by atoms with Gasteiger partial charge in [0.15, 0.2) is 24.6 Å². The number of hydrogen-bond acceptors (Lipinski definition) is 18. The fourth-order valence-electron chi connectivity index (χ4n) is 7.97. The lowest BCUT2D eigenvalue weighted by molar-refractivity contribution is -0.255. The van der Waals surface area contributed by atoms with Gasteiger partial charge in [-0.15, -0.1) is 5.10 Å². The standard InChI is InChI=1S/C47H49N5O13S2/c1-26(54)59-24-38-44(61-28(3)56)45(62-29(4)57)43(60-27(2)55)37(63-38)22-40(66)48-34-12-8-11-33(21-34)46-64-39(25-67-47-49-50-51-52(47)35-17-19-36(58)20-18-35)41(31-9-6-5-7-10-31)42(65-46)32-15-13-30(23-53)14-16-32/h5-21,37-39,41-46,53,58H,22-25H2,1-4H3,(H,48,66)/t37-,38+,39+,41+,42-,43-,44+,45+,46?/m0/s1. The summed E-state index contributed by atoms with van der Waals surface area (Å²) in [5.74, 6) is -2.65. The number of carbonyl (C=O) groups excluding carboxylic acids is 4. The van der Waals surface area contributed by atoms with Gasteiger partial charge in [0.2, 0.25) is 5.16 Å². The molecule has 2 saturated heterocycles. The number of phenols is 1. The first-order valence-corrected chi connectivity index (χ1v) is 22.6. The average Bonchev–Trinajstić information content (AvgIpc) is 3.78. The summed E-state index contributed by atoms with van der Waals surface area (Å²) in [5, 5.41) is 35.9. The van der Waals surface area contributed by atoms with Crippen LogP contribution in [-0.4, -0.2) is 108 Å². The summed E-state index contributed by atoms with van der Waals surface area (Å²) in [4.78, 5) is 49.1. The third-order valence-corrected chi connectivity index (χ3v) is 12.1. The smallest absolute Gasteiger partial charge is 0.303 e. The highest BCUT2D eigenvalue weighted by Crippen LogP contribution is 2.48. The van der Waals surface area contributed by atoms with Crippen molar-refractivity contribution >= 4 is 58.5 Å². The summed E-state index contributed by atoms with van der Waals surface area (Å²) in [7, 11) is 0. The van der Waals surface area contributed by atoms with Gasteiger partial charge in [0.05, 0.1) is 29.5 Å². The highest BCUT2D eigenvalue weighted by molar-refractivity contribution is 7.99. The van der Waals surface area contributed by atoms with E-state index in [4.69, 9.17) is 45.4 Å². The fourth-order valence-corrected chi connectivity index (χ4v) is 9.21. The number of aromatic hydroxyl groups is 1. The van der Waals surface area contributed by atoms with E-state index in [-0.39, 0.29) is 36.3 Å². The zero-order valence-electron chi connectivity index (χ0n) is 36.8. The molecule has 3 heterocycles. The lowest BCUT2D eigenvalue weighted by Crippen LogP contribution is -2.62. The van der Waals surface area contributed by atoms with E-state index in [1.54, 1.807) is 35.0 Å². The van der Waals surface area contributed by atoms with E-state index in [1.165, 1.54) is 25.6 Å². The van der Waals surface area contributed by atoms with E-state index in [9.17, 15) is 29.4 Å². The molecule has 0 spiro atoms. The van der Waals surface area contributed by atoms with E-state index >= 15 is 0 Å². The van der Waals surface area contributed by atoms with Crippen molar-refractivity contribution in [2.75, 3.05) is 17.7 Å². The molecule has 9 atom stereocenters. The van der Waals surface area contributed by atoms with Crippen LogP contribution in [0.4, 0.5) is 5.69 Å². The summed E-state index contributed by atoms with van der Waals surface area (Å²) in [6.07, 6.45) is -8.11. The number of aliphatic hydroxyl groups is 1. The molecule has 0 saturated carbocycles. The van der Waals surface area contributed by atoms with Crippen LogP contribution in [0.2, 0.25) is 0 Å². The molecule has 2 fully saturated rings. The van der Waals surface area contributed by atoms with E-state index in [0.717, 1.165) is 30.5 Å². The number of benzene rings is 4. The maximum Gasteiger partial charge on any atom is 0.303 e. The molecule has 7 rings (SSSR count). The average molecular weight is 956 g/mol. The molecule has 1 unspecified atom stereocenters. The minimum absolute atomic E-state index is 0.0807. The molecule has 0 bridgehead atoms. The van der Waals surface area contributed by atoms with Gasteiger partial charge in [-0.1, -0.05) is 90.7 Å². The number of hydrogen-bond donors (Lipinski definition) is 3. The number of nitrogens with one attached hydrogen (secondary N) is 1. The normalized spacial score (nSPS) is 23.6. The van der Waals surface area contributed by atoms with Crippen molar-refractivity contribution in [3.05, 3.63) is 125 Å². The van der Waals surface area contributed by atoms with Gasteiger partial charge in [-0.3, -0.25) is 19.2 Å². The van der Waals surface area contributed by atoms with Crippen LogP contribution < -0.4 is 5.32 Å². The van der Waals surface area contributed by atoms with E-state index < -0.39 is 72.9 Å². The largest absolute Gasteiger partial charge is 0.508 e. The molecule has 5 aromatic rings. The highest BCUT2D eigenvalue weighted by atomic mass is 32.2. The van der Waals surface area contributed by atoms with Gasteiger partial charge in [0.1, 0.15) is 24.6 Å². The Morgan fingerprint density at radius 3 is 2.04 bits per heavy atom. The van der Waals surface area contributed by atoms with Crippen molar-refractivity contribution in [2.24, 2.45) is 0 Å². The zero-order chi connectivity index (χ0) is 47.6. The van der Waals surface area contributed by atoms with Gasteiger partial charge in [-0.2, -0.15) is 4.68 Å². The Bertz CT molecular complexity index is 2510. The van der Waals surface area contributed by atoms with Crippen molar-refractivity contribution in [3.8, 4) is 11.4 Å². The molecule has 0 radical (unpaired) electrons. The second-order valence-corrected chi connectivity index (χ2v) is 17.2. The predicted molar refractivity (Wildman–Crippen MR) is 244 cm³/mol. The third-order valence-electron chi connectivity index (χ3n) is 10.8. The van der Waals surface area contributed by atoms with Crippen LogP contribution in [0, 0.1) is 0 Å². The molecule has 2 aliphatic rings. The Morgan fingerprint density at radius 1 is 0.731 bits per heavy atom. The lowest BCUT2D eigenvalue weighted by Gasteiger charge is -2.44. The minimum atomic E-state index is -1.34. The van der Waals surface area contributed by atoms with E-state index in [2.05, 4.69) is 20.8 Å². The molecule has 2 aliphatic heterocycles. The Morgan fingerprint density at radius 2 is 1.39 bits per heavy atom. The van der Waals surface area contributed by atoms with Crippen LogP contribution in [0.15, 0.2) is 108 Å². The van der Waals surface area contributed by atoms with E-state index in [1.807, 2.05) is 72.8 Å². The van der Waals surface area contributed by atoms with Gasteiger partial charge in [0, 0.05) is 57.0 Å². The molecule has 4 aromatic carbocycles. The number of rotatable bonds is 16. The number of carbonyl (C=O) groups is 4. The van der Waals surface area contributed by atoms with Crippen molar-refractivity contribution < 1.29 is 62.5 Å². The fraction of sp³-hybridized carbons (Fsp3) is 0.362. The van der Waals surface area contributed by atoms with Gasteiger partial charge in [-0.25, -0.2) is 0 Å². The minimum Gasteiger partial charge on any atom is -0.508 e. The number of thiocarbonyl (C=S) groups is 1. The molecule has 0 aliphatic carbocycles. The van der Waals surface area contributed by atoms with Crippen LogP contribution in [0.1, 0.15) is 74.7 Å². The Labute approximate surface area is 395 Å². The number of tetrazole rings is 1. The topological polar surface area (TPSA) is 229 Å². The van der Waals surface area contributed by atoms with Crippen LogP contribution in [0.3, 0.4) is 0 Å². The maximum atomic E-state index is 12.4. The lowest BCUT2D eigenvalue weighted by atomic mass is 9.84. The van der Waals surface area contributed by atoms with E-state index in [0.29, 0.717) is 27.8 Å².